The lowest BCUT2D eigenvalue weighted by molar-refractivity contribution is 0.448. The highest BCUT2D eigenvalue weighted by Crippen LogP contribution is 2.43. The van der Waals surface area contributed by atoms with Crippen LogP contribution in [0.3, 0.4) is 0 Å². The van der Waals surface area contributed by atoms with Gasteiger partial charge in [0.1, 0.15) is 5.75 Å². The number of aryl methyl sites for hydroxylation is 1. The van der Waals surface area contributed by atoms with E-state index in [-0.39, 0.29) is 0 Å². The maximum Gasteiger partial charge on any atom is 0.143 e. The Balaban J connectivity index is 1.92. The first kappa shape index (κ1) is 15.1. The van der Waals surface area contributed by atoms with Gasteiger partial charge in [0, 0.05) is 9.79 Å². The minimum Gasteiger partial charge on any atom is -0.506 e. The average Bonchev–Trinajstić information content (AvgIpc) is 2.54. The van der Waals surface area contributed by atoms with Crippen molar-refractivity contribution < 1.29 is 5.11 Å². The first-order valence-corrected chi connectivity index (χ1v) is 8.65. The van der Waals surface area contributed by atoms with Gasteiger partial charge in [0.2, 0.25) is 0 Å². The molecule has 0 saturated carbocycles. The summed E-state index contributed by atoms with van der Waals surface area (Å²) in [6.45, 7) is 2.06. The van der Waals surface area contributed by atoms with Gasteiger partial charge in [-0.05, 0) is 48.9 Å². The summed E-state index contributed by atoms with van der Waals surface area (Å²) in [4.78, 5) is 4.03. The van der Waals surface area contributed by atoms with E-state index in [4.69, 9.17) is 0 Å². The standard InChI is InChI=1S/C19H16OS2/c1-14-12-17(21-15-8-4-2-5-9-15)19(20)18(13-14)22-16-10-6-3-7-11-16/h2-13,20H,1H3. The van der Waals surface area contributed by atoms with E-state index in [1.807, 2.05) is 48.5 Å². The van der Waals surface area contributed by atoms with E-state index < -0.39 is 0 Å². The molecule has 0 amide bonds. The van der Waals surface area contributed by atoms with Gasteiger partial charge in [-0.25, -0.2) is 0 Å². The van der Waals surface area contributed by atoms with Crippen molar-refractivity contribution in [3.63, 3.8) is 0 Å². The summed E-state index contributed by atoms with van der Waals surface area (Å²) in [5.74, 6) is 0.355. The monoisotopic (exact) mass is 324 g/mol. The van der Waals surface area contributed by atoms with Gasteiger partial charge in [-0.2, -0.15) is 0 Å². The molecule has 0 radical (unpaired) electrons. The Kier molecular flexibility index (Phi) is 4.76. The summed E-state index contributed by atoms with van der Waals surface area (Å²) in [5.41, 5.74) is 1.15. The van der Waals surface area contributed by atoms with Crippen LogP contribution in [-0.2, 0) is 0 Å². The van der Waals surface area contributed by atoms with Crippen LogP contribution in [0.15, 0.2) is 92.4 Å². The maximum atomic E-state index is 10.6. The smallest absolute Gasteiger partial charge is 0.143 e. The first-order chi connectivity index (χ1) is 10.7. The first-order valence-electron chi connectivity index (χ1n) is 7.02. The molecule has 0 heterocycles. The fraction of sp³-hybridized carbons (Fsp3) is 0.0526. The highest BCUT2D eigenvalue weighted by atomic mass is 32.2. The Bertz CT molecular complexity index is 692. The molecule has 3 rings (SSSR count). The molecule has 0 atom stereocenters. The fourth-order valence-electron chi connectivity index (χ4n) is 2.10. The van der Waals surface area contributed by atoms with Gasteiger partial charge in [0.15, 0.2) is 0 Å². The topological polar surface area (TPSA) is 20.2 Å². The van der Waals surface area contributed by atoms with E-state index in [0.717, 1.165) is 25.1 Å². The lowest BCUT2D eigenvalue weighted by Gasteiger charge is -2.11. The molecule has 3 aromatic rings. The van der Waals surface area contributed by atoms with Crippen LogP contribution in [0.2, 0.25) is 0 Å². The molecule has 1 N–H and O–H groups in total. The number of benzene rings is 3. The molecule has 1 nitrogen and oxygen atoms in total. The van der Waals surface area contributed by atoms with E-state index in [2.05, 4.69) is 31.2 Å². The zero-order chi connectivity index (χ0) is 15.4. The molecule has 3 aromatic carbocycles. The van der Waals surface area contributed by atoms with E-state index >= 15 is 0 Å². The molecule has 22 heavy (non-hydrogen) atoms. The Morgan fingerprint density at radius 2 is 1.09 bits per heavy atom. The Hall–Kier alpha value is -1.84. The quantitative estimate of drug-likeness (QED) is 0.635. The molecule has 0 aliphatic rings. The summed E-state index contributed by atoms with van der Waals surface area (Å²) in [5, 5.41) is 10.6. The summed E-state index contributed by atoms with van der Waals surface area (Å²) < 4.78 is 0. The van der Waals surface area contributed by atoms with Crippen molar-refractivity contribution in [1.82, 2.24) is 0 Å². The lowest BCUT2D eigenvalue weighted by Crippen LogP contribution is -1.83. The normalized spacial score (nSPS) is 10.6. The number of aromatic hydroxyl groups is 1. The molecular weight excluding hydrogens is 308 g/mol. The van der Waals surface area contributed by atoms with Gasteiger partial charge >= 0.3 is 0 Å². The molecule has 110 valence electrons. The summed E-state index contributed by atoms with van der Waals surface area (Å²) in [6.07, 6.45) is 0. The van der Waals surface area contributed by atoms with E-state index in [0.29, 0.717) is 5.75 Å². The van der Waals surface area contributed by atoms with Crippen LogP contribution in [0.4, 0.5) is 0 Å². The third-order valence-corrected chi connectivity index (χ3v) is 5.20. The molecule has 0 unspecified atom stereocenters. The van der Waals surface area contributed by atoms with Gasteiger partial charge in [-0.1, -0.05) is 59.9 Å². The van der Waals surface area contributed by atoms with Crippen molar-refractivity contribution in [1.29, 1.82) is 0 Å². The maximum absolute atomic E-state index is 10.6. The van der Waals surface area contributed by atoms with Gasteiger partial charge in [0.25, 0.3) is 0 Å². The number of hydrogen-bond donors (Lipinski definition) is 1. The predicted octanol–water partition coefficient (Wildman–Crippen LogP) is 6.00. The molecule has 0 aliphatic carbocycles. The highest BCUT2D eigenvalue weighted by molar-refractivity contribution is 8.00. The minimum absolute atomic E-state index is 0.355. The SMILES string of the molecule is Cc1cc(Sc2ccccc2)c(O)c(Sc2ccccc2)c1. The largest absolute Gasteiger partial charge is 0.506 e. The number of phenolic OH excluding ortho intramolecular Hbond substituents is 1. The van der Waals surface area contributed by atoms with Crippen molar-refractivity contribution in [2.45, 2.75) is 26.5 Å². The van der Waals surface area contributed by atoms with Crippen LogP contribution in [-0.4, -0.2) is 5.11 Å². The number of hydrogen-bond acceptors (Lipinski definition) is 3. The lowest BCUT2D eigenvalue weighted by atomic mass is 10.2. The van der Waals surface area contributed by atoms with Crippen molar-refractivity contribution in [3.8, 4) is 5.75 Å². The predicted molar refractivity (Wildman–Crippen MR) is 94.0 cm³/mol. The zero-order valence-electron chi connectivity index (χ0n) is 12.2. The van der Waals surface area contributed by atoms with Gasteiger partial charge in [0.05, 0.1) is 9.79 Å². The molecule has 0 bridgehead atoms. The molecular formula is C19H16OS2. The second-order valence-corrected chi connectivity index (χ2v) is 7.17. The van der Waals surface area contributed by atoms with Gasteiger partial charge in [-0.15, -0.1) is 0 Å². The van der Waals surface area contributed by atoms with E-state index in [9.17, 15) is 5.11 Å². The summed E-state index contributed by atoms with van der Waals surface area (Å²) >= 11 is 3.18. The van der Waals surface area contributed by atoms with Crippen LogP contribution in [0.1, 0.15) is 5.56 Å². The molecule has 0 saturated heterocycles. The van der Waals surface area contributed by atoms with Crippen molar-refractivity contribution in [2.75, 3.05) is 0 Å². The van der Waals surface area contributed by atoms with Crippen LogP contribution < -0.4 is 0 Å². The van der Waals surface area contributed by atoms with Crippen LogP contribution in [0.25, 0.3) is 0 Å². The second-order valence-electron chi connectivity index (χ2n) is 4.94. The Morgan fingerprint density at radius 1 is 0.682 bits per heavy atom. The van der Waals surface area contributed by atoms with E-state index in [1.165, 1.54) is 0 Å². The zero-order valence-corrected chi connectivity index (χ0v) is 13.8. The second kappa shape index (κ2) is 6.95. The molecule has 0 aromatic heterocycles. The Morgan fingerprint density at radius 3 is 1.50 bits per heavy atom. The molecule has 0 spiro atoms. The number of phenols is 1. The average molecular weight is 324 g/mol. The van der Waals surface area contributed by atoms with Crippen molar-refractivity contribution in [3.05, 3.63) is 78.4 Å². The van der Waals surface area contributed by atoms with Crippen LogP contribution >= 0.6 is 23.5 Å². The van der Waals surface area contributed by atoms with Crippen LogP contribution in [0, 0.1) is 6.92 Å². The summed E-state index contributed by atoms with van der Waals surface area (Å²) in [7, 11) is 0. The van der Waals surface area contributed by atoms with E-state index in [1.54, 1.807) is 23.5 Å². The number of rotatable bonds is 4. The molecule has 0 fully saturated rings. The highest BCUT2D eigenvalue weighted by Gasteiger charge is 2.11. The fourth-order valence-corrected chi connectivity index (χ4v) is 4.16. The molecule has 3 heteroatoms. The summed E-state index contributed by atoms with van der Waals surface area (Å²) in [6, 6.07) is 24.3. The molecule has 0 aliphatic heterocycles. The third kappa shape index (κ3) is 3.67. The Labute approximate surface area is 139 Å². The van der Waals surface area contributed by atoms with Crippen molar-refractivity contribution >= 4 is 23.5 Å². The van der Waals surface area contributed by atoms with Crippen LogP contribution in [0.5, 0.6) is 5.75 Å². The van der Waals surface area contributed by atoms with Gasteiger partial charge in [-0.3, -0.25) is 0 Å². The minimum atomic E-state index is 0.355. The van der Waals surface area contributed by atoms with Crippen molar-refractivity contribution in [2.24, 2.45) is 0 Å². The van der Waals surface area contributed by atoms with Gasteiger partial charge < -0.3 is 5.11 Å². The third-order valence-electron chi connectivity index (χ3n) is 3.13.